The molecule has 3 nitrogen and oxygen atoms in total. The summed E-state index contributed by atoms with van der Waals surface area (Å²) in [5.74, 6) is 2.62. The van der Waals surface area contributed by atoms with E-state index in [0.717, 1.165) is 22.9 Å². The van der Waals surface area contributed by atoms with E-state index < -0.39 is 0 Å². The van der Waals surface area contributed by atoms with Crippen molar-refractivity contribution >= 4 is 17.4 Å². The Hall–Kier alpha value is -1.81. The van der Waals surface area contributed by atoms with Crippen molar-refractivity contribution in [2.45, 2.75) is 11.8 Å². The van der Waals surface area contributed by atoms with Crippen LogP contribution in [0.5, 0.6) is 11.5 Å². The lowest BCUT2D eigenvalue weighted by Crippen LogP contribution is -2.00. The van der Waals surface area contributed by atoms with Gasteiger partial charge in [0.1, 0.15) is 11.5 Å². The molecule has 0 aliphatic heterocycles. The number of ether oxygens (including phenoxy) is 2. The summed E-state index contributed by atoms with van der Waals surface area (Å²) in [6, 6.07) is 15.6. The Morgan fingerprint density at radius 3 is 2.35 bits per heavy atom. The summed E-state index contributed by atoms with van der Waals surface area (Å²) in [5.41, 5.74) is 6.53. The molecule has 2 N–H and O–H groups in total. The average Bonchev–Trinajstić information content (AvgIpc) is 2.46. The summed E-state index contributed by atoms with van der Waals surface area (Å²) in [6.45, 7) is 3.31. The number of nitrogen functional groups attached to an aromatic ring is 1. The van der Waals surface area contributed by atoms with Gasteiger partial charge in [-0.05, 0) is 49.4 Å². The maximum Gasteiger partial charge on any atom is 0.119 e. The molecule has 0 saturated heterocycles. The predicted molar refractivity (Wildman–Crippen MR) is 84.7 cm³/mol. The summed E-state index contributed by atoms with van der Waals surface area (Å²) < 4.78 is 11.1. The summed E-state index contributed by atoms with van der Waals surface area (Å²) in [7, 11) is 0. The molecule has 0 unspecified atom stereocenters. The van der Waals surface area contributed by atoms with E-state index in [-0.39, 0.29) is 0 Å². The highest BCUT2D eigenvalue weighted by molar-refractivity contribution is 7.99. The van der Waals surface area contributed by atoms with Crippen molar-refractivity contribution in [3.05, 3.63) is 48.5 Å². The van der Waals surface area contributed by atoms with Crippen LogP contribution in [-0.2, 0) is 0 Å². The number of rotatable bonds is 7. The Labute approximate surface area is 124 Å². The fourth-order valence-electron chi connectivity index (χ4n) is 1.72. The van der Waals surface area contributed by atoms with E-state index in [0.29, 0.717) is 13.2 Å². The summed E-state index contributed by atoms with van der Waals surface area (Å²) in [4.78, 5) is 1.17. The molecule has 106 valence electrons. The minimum Gasteiger partial charge on any atom is -0.494 e. The molecular weight excluding hydrogens is 270 g/mol. The quantitative estimate of drug-likeness (QED) is 0.478. The summed E-state index contributed by atoms with van der Waals surface area (Å²) in [6.07, 6.45) is 0. The van der Waals surface area contributed by atoms with Crippen molar-refractivity contribution in [3.8, 4) is 11.5 Å². The smallest absolute Gasteiger partial charge is 0.119 e. The number of anilines is 1. The maximum absolute atomic E-state index is 5.74. The first-order valence-electron chi connectivity index (χ1n) is 6.62. The molecule has 0 aromatic heterocycles. The van der Waals surface area contributed by atoms with Gasteiger partial charge in [-0.15, -0.1) is 11.8 Å². The van der Waals surface area contributed by atoms with Crippen LogP contribution in [0.25, 0.3) is 0 Å². The molecule has 0 heterocycles. The van der Waals surface area contributed by atoms with E-state index in [2.05, 4.69) is 6.07 Å². The molecule has 0 amide bonds. The van der Waals surface area contributed by atoms with Crippen LogP contribution in [0.3, 0.4) is 0 Å². The average molecular weight is 289 g/mol. The largest absolute Gasteiger partial charge is 0.494 e. The summed E-state index contributed by atoms with van der Waals surface area (Å²) in [5, 5.41) is 0. The monoisotopic (exact) mass is 289 g/mol. The third-order valence-corrected chi connectivity index (χ3v) is 3.57. The van der Waals surface area contributed by atoms with Gasteiger partial charge in [-0.1, -0.05) is 6.07 Å². The molecule has 0 aliphatic rings. The number of hydrogen-bond donors (Lipinski definition) is 1. The fourth-order valence-corrected chi connectivity index (χ4v) is 2.52. The molecule has 0 aliphatic carbocycles. The Kier molecular flexibility index (Phi) is 5.62. The van der Waals surface area contributed by atoms with Crippen molar-refractivity contribution in [2.75, 3.05) is 24.7 Å². The van der Waals surface area contributed by atoms with Gasteiger partial charge in [-0.25, -0.2) is 0 Å². The van der Waals surface area contributed by atoms with E-state index in [9.17, 15) is 0 Å². The molecule has 0 saturated carbocycles. The second-order valence-electron chi connectivity index (χ2n) is 4.17. The molecule has 0 spiro atoms. The van der Waals surface area contributed by atoms with Crippen molar-refractivity contribution in [2.24, 2.45) is 0 Å². The standard InChI is InChI=1S/C16H19NO2S/c1-2-18-14-6-8-15(9-7-14)19-10-11-20-16-5-3-4-13(17)12-16/h3-9,12H,2,10-11,17H2,1H3. The zero-order valence-electron chi connectivity index (χ0n) is 11.5. The minimum absolute atomic E-state index is 0.660. The molecule has 0 atom stereocenters. The van der Waals surface area contributed by atoms with Crippen LogP contribution in [0.4, 0.5) is 5.69 Å². The van der Waals surface area contributed by atoms with Gasteiger partial charge in [-0.3, -0.25) is 0 Å². The summed E-state index contributed by atoms with van der Waals surface area (Å²) >= 11 is 1.74. The second-order valence-corrected chi connectivity index (χ2v) is 5.34. The van der Waals surface area contributed by atoms with Crippen LogP contribution in [0.2, 0.25) is 0 Å². The highest BCUT2D eigenvalue weighted by Gasteiger charge is 1.98. The van der Waals surface area contributed by atoms with E-state index in [1.807, 2.05) is 49.4 Å². The first-order valence-corrected chi connectivity index (χ1v) is 7.60. The van der Waals surface area contributed by atoms with Crippen molar-refractivity contribution in [3.63, 3.8) is 0 Å². The van der Waals surface area contributed by atoms with Crippen LogP contribution in [0.15, 0.2) is 53.4 Å². The Morgan fingerprint density at radius 2 is 1.70 bits per heavy atom. The minimum atomic E-state index is 0.660. The lowest BCUT2D eigenvalue weighted by atomic mass is 10.3. The zero-order valence-corrected chi connectivity index (χ0v) is 12.4. The molecule has 2 aromatic carbocycles. The van der Waals surface area contributed by atoms with Crippen molar-refractivity contribution in [1.29, 1.82) is 0 Å². The first kappa shape index (κ1) is 14.6. The number of benzene rings is 2. The highest BCUT2D eigenvalue weighted by atomic mass is 32.2. The Morgan fingerprint density at radius 1 is 1.00 bits per heavy atom. The van der Waals surface area contributed by atoms with Gasteiger partial charge in [0.15, 0.2) is 0 Å². The number of nitrogens with two attached hydrogens (primary N) is 1. The van der Waals surface area contributed by atoms with Gasteiger partial charge < -0.3 is 15.2 Å². The van der Waals surface area contributed by atoms with E-state index in [1.54, 1.807) is 11.8 Å². The van der Waals surface area contributed by atoms with Crippen LogP contribution in [0.1, 0.15) is 6.92 Å². The van der Waals surface area contributed by atoms with E-state index in [4.69, 9.17) is 15.2 Å². The van der Waals surface area contributed by atoms with Gasteiger partial charge in [0.2, 0.25) is 0 Å². The lowest BCUT2D eigenvalue weighted by Gasteiger charge is -2.08. The first-order chi connectivity index (χ1) is 9.78. The highest BCUT2D eigenvalue weighted by Crippen LogP contribution is 2.21. The van der Waals surface area contributed by atoms with Crippen LogP contribution in [-0.4, -0.2) is 19.0 Å². The topological polar surface area (TPSA) is 44.5 Å². The third kappa shape index (κ3) is 4.70. The van der Waals surface area contributed by atoms with Gasteiger partial charge in [0, 0.05) is 16.3 Å². The van der Waals surface area contributed by atoms with Crippen molar-refractivity contribution < 1.29 is 9.47 Å². The predicted octanol–water partition coefficient (Wildman–Crippen LogP) is 3.84. The number of thioether (sulfide) groups is 1. The van der Waals surface area contributed by atoms with Gasteiger partial charge in [0.05, 0.1) is 13.2 Å². The normalized spacial score (nSPS) is 10.2. The van der Waals surface area contributed by atoms with Gasteiger partial charge in [-0.2, -0.15) is 0 Å². The Bertz CT molecular complexity index is 528. The molecular formula is C16H19NO2S. The maximum atomic E-state index is 5.74. The molecule has 20 heavy (non-hydrogen) atoms. The SMILES string of the molecule is CCOc1ccc(OCCSc2cccc(N)c2)cc1. The van der Waals surface area contributed by atoms with Gasteiger partial charge >= 0.3 is 0 Å². The van der Waals surface area contributed by atoms with Crippen LogP contribution >= 0.6 is 11.8 Å². The van der Waals surface area contributed by atoms with Crippen molar-refractivity contribution in [1.82, 2.24) is 0 Å². The molecule has 2 aromatic rings. The molecule has 0 bridgehead atoms. The van der Waals surface area contributed by atoms with Crippen LogP contribution in [0, 0.1) is 0 Å². The number of hydrogen-bond acceptors (Lipinski definition) is 4. The molecule has 2 rings (SSSR count). The molecule has 0 fully saturated rings. The van der Waals surface area contributed by atoms with Gasteiger partial charge in [0.25, 0.3) is 0 Å². The van der Waals surface area contributed by atoms with Crippen LogP contribution < -0.4 is 15.2 Å². The molecule has 0 radical (unpaired) electrons. The second kappa shape index (κ2) is 7.70. The lowest BCUT2D eigenvalue weighted by molar-refractivity contribution is 0.332. The zero-order chi connectivity index (χ0) is 14.2. The van der Waals surface area contributed by atoms with E-state index >= 15 is 0 Å². The fraction of sp³-hybridized carbons (Fsp3) is 0.250. The Balaban J connectivity index is 1.73. The third-order valence-electron chi connectivity index (χ3n) is 2.61. The van der Waals surface area contributed by atoms with E-state index in [1.165, 1.54) is 4.90 Å². The molecule has 4 heteroatoms.